The first-order valence-corrected chi connectivity index (χ1v) is 8.63. The lowest BCUT2D eigenvalue weighted by Gasteiger charge is -2.33. The van der Waals surface area contributed by atoms with Gasteiger partial charge in [0.25, 0.3) is 0 Å². The van der Waals surface area contributed by atoms with Gasteiger partial charge in [-0.1, -0.05) is 6.92 Å². The zero-order valence-electron chi connectivity index (χ0n) is 14.1. The molecule has 2 aliphatic rings. The van der Waals surface area contributed by atoms with E-state index >= 15 is 0 Å². The quantitative estimate of drug-likeness (QED) is 0.815. The lowest BCUT2D eigenvalue weighted by atomic mass is 9.90. The molecule has 0 aromatic rings. The highest BCUT2D eigenvalue weighted by Gasteiger charge is 2.32. The molecule has 2 aliphatic carbocycles. The molecule has 1 atom stereocenters. The predicted molar refractivity (Wildman–Crippen MR) is 85.4 cm³/mol. The second kappa shape index (κ2) is 6.99. The third kappa shape index (κ3) is 5.85. The average Bonchev–Trinajstić information content (AvgIpc) is 3.20. The molecule has 122 valence electrons. The van der Waals surface area contributed by atoms with Gasteiger partial charge in [-0.15, -0.1) is 0 Å². The second-order valence-corrected chi connectivity index (χ2v) is 7.71. The van der Waals surface area contributed by atoms with Crippen LogP contribution in [0.25, 0.3) is 0 Å². The first kappa shape index (κ1) is 16.6. The fraction of sp³-hybridized carbons (Fsp3) is 0.941. The van der Waals surface area contributed by atoms with E-state index in [9.17, 15) is 4.79 Å². The zero-order chi connectivity index (χ0) is 15.5. The van der Waals surface area contributed by atoms with Gasteiger partial charge in [-0.25, -0.2) is 4.79 Å². The van der Waals surface area contributed by atoms with E-state index in [4.69, 9.17) is 4.74 Å². The molecule has 0 bridgehead atoms. The largest absolute Gasteiger partial charge is 0.444 e. The molecule has 0 heterocycles. The highest BCUT2D eigenvalue weighted by molar-refractivity contribution is 5.68. The molecule has 0 aliphatic heterocycles. The molecule has 2 rings (SSSR count). The maximum Gasteiger partial charge on any atom is 0.407 e. The van der Waals surface area contributed by atoms with Crippen LogP contribution in [0.2, 0.25) is 0 Å². The number of hydrogen-bond acceptors (Lipinski definition) is 3. The maximum atomic E-state index is 11.8. The van der Waals surface area contributed by atoms with E-state index in [0.717, 1.165) is 31.6 Å². The first-order valence-electron chi connectivity index (χ1n) is 8.63. The second-order valence-electron chi connectivity index (χ2n) is 7.71. The van der Waals surface area contributed by atoms with E-state index in [0.29, 0.717) is 12.1 Å². The maximum absolute atomic E-state index is 11.8. The Labute approximate surface area is 129 Å². The Morgan fingerprint density at radius 2 is 1.67 bits per heavy atom. The summed E-state index contributed by atoms with van der Waals surface area (Å²) in [6.45, 7) is 7.98. The SMILES string of the molecule is CCC(NC1CCC(NC(=O)OC(C)(C)C)CC1)C1CC1. The van der Waals surface area contributed by atoms with Gasteiger partial charge in [0.2, 0.25) is 0 Å². The molecule has 0 aromatic heterocycles. The normalized spacial score (nSPS) is 28.0. The molecule has 21 heavy (non-hydrogen) atoms. The molecule has 4 nitrogen and oxygen atoms in total. The summed E-state index contributed by atoms with van der Waals surface area (Å²) >= 11 is 0. The van der Waals surface area contributed by atoms with Crippen LogP contribution in [0.15, 0.2) is 0 Å². The molecule has 0 radical (unpaired) electrons. The summed E-state index contributed by atoms with van der Waals surface area (Å²) in [5, 5.41) is 6.85. The molecule has 2 N–H and O–H groups in total. The Morgan fingerprint density at radius 1 is 1.10 bits per heavy atom. The number of hydrogen-bond donors (Lipinski definition) is 2. The van der Waals surface area contributed by atoms with Crippen molar-refractivity contribution in [3.63, 3.8) is 0 Å². The molecular weight excluding hydrogens is 264 g/mol. The minimum atomic E-state index is -0.415. The third-order valence-electron chi connectivity index (χ3n) is 4.53. The van der Waals surface area contributed by atoms with Crippen LogP contribution in [0.3, 0.4) is 0 Å². The van der Waals surface area contributed by atoms with Crippen molar-refractivity contribution in [3.05, 3.63) is 0 Å². The minimum Gasteiger partial charge on any atom is -0.444 e. The van der Waals surface area contributed by atoms with Crippen molar-refractivity contribution in [2.24, 2.45) is 5.92 Å². The molecule has 1 unspecified atom stereocenters. The Balaban J connectivity index is 1.67. The zero-order valence-corrected chi connectivity index (χ0v) is 14.1. The molecule has 4 heteroatoms. The van der Waals surface area contributed by atoms with Crippen molar-refractivity contribution in [1.82, 2.24) is 10.6 Å². The Hall–Kier alpha value is -0.770. The van der Waals surface area contributed by atoms with Crippen LogP contribution in [0.5, 0.6) is 0 Å². The van der Waals surface area contributed by atoms with Crippen LogP contribution in [0.1, 0.15) is 72.6 Å². The Morgan fingerprint density at radius 3 is 2.14 bits per heavy atom. The van der Waals surface area contributed by atoms with E-state index in [1.54, 1.807) is 0 Å². The number of amides is 1. The standard InChI is InChI=1S/C17H32N2O2/c1-5-15(12-6-7-12)18-13-8-10-14(11-9-13)19-16(20)21-17(2,3)4/h12-15,18H,5-11H2,1-4H3,(H,19,20). The first-order chi connectivity index (χ1) is 9.87. The Bertz CT molecular complexity index is 339. The molecule has 0 aromatic carbocycles. The van der Waals surface area contributed by atoms with E-state index in [1.165, 1.54) is 19.3 Å². The van der Waals surface area contributed by atoms with Crippen molar-refractivity contribution in [2.75, 3.05) is 0 Å². The molecule has 2 saturated carbocycles. The van der Waals surface area contributed by atoms with Crippen molar-refractivity contribution in [3.8, 4) is 0 Å². The van der Waals surface area contributed by atoms with Crippen LogP contribution in [-0.4, -0.2) is 29.8 Å². The van der Waals surface area contributed by atoms with Crippen LogP contribution < -0.4 is 10.6 Å². The minimum absolute atomic E-state index is 0.275. The fourth-order valence-corrected chi connectivity index (χ4v) is 3.27. The highest BCUT2D eigenvalue weighted by atomic mass is 16.6. The number of rotatable bonds is 5. The number of alkyl carbamates (subject to hydrolysis) is 1. The lowest BCUT2D eigenvalue weighted by Crippen LogP contribution is -2.46. The molecule has 0 saturated heterocycles. The van der Waals surface area contributed by atoms with Crippen LogP contribution >= 0.6 is 0 Å². The van der Waals surface area contributed by atoms with Crippen LogP contribution in [-0.2, 0) is 4.74 Å². The smallest absolute Gasteiger partial charge is 0.407 e. The monoisotopic (exact) mass is 296 g/mol. The molecule has 2 fully saturated rings. The van der Waals surface area contributed by atoms with Crippen molar-refractivity contribution < 1.29 is 9.53 Å². The van der Waals surface area contributed by atoms with Gasteiger partial charge in [0.05, 0.1) is 0 Å². The lowest BCUT2D eigenvalue weighted by molar-refractivity contribution is 0.0489. The van der Waals surface area contributed by atoms with Crippen LogP contribution in [0.4, 0.5) is 4.79 Å². The molecule has 1 amide bonds. The third-order valence-corrected chi connectivity index (χ3v) is 4.53. The van der Waals surface area contributed by atoms with Gasteiger partial charge in [0.1, 0.15) is 5.60 Å². The average molecular weight is 296 g/mol. The van der Waals surface area contributed by atoms with Gasteiger partial charge in [-0.2, -0.15) is 0 Å². The van der Waals surface area contributed by atoms with Crippen molar-refractivity contribution in [2.45, 2.75) is 96.4 Å². The number of nitrogens with one attached hydrogen (secondary N) is 2. The van der Waals surface area contributed by atoms with Crippen molar-refractivity contribution >= 4 is 6.09 Å². The Kier molecular flexibility index (Phi) is 5.53. The van der Waals surface area contributed by atoms with E-state index in [2.05, 4.69) is 17.6 Å². The van der Waals surface area contributed by atoms with Gasteiger partial charge in [0, 0.05) is 18.1 Å². The van der Waals surface area contributed by atoms with Gasteiger partial charge in [-0.3, -0.25) is 0 Å². The highest BCUT2D eigenvalue weighted by Crippen LogP contribution is 2.35. The summed E-state index contributed by atoms with van der Waals surface area (Å²) in [4.78, 5) is 11.8. The summed E-state index contributed by atoms with van der Waals surface area (Å²) < 4.78 is 5.32. The van der Waals surface area contributed by atoms with E-state index in [-0.39, 0.29) is 12.1 Å². The van der Waals surface area contributed by atoms with Gasteiger partial charge in [0.15, 0.2) is 0 Å². The predicted octanol–water partition coefficient (Wildman–Crippen LogP) is 3.60. The van der Waals surface area contributed by atoms with Crippen molar-refractivity contribution in [1.29, 1.82) is 0 Å². The topological polar surface area (TPSA) is 50.4 Å². The van der Waals surface area contributed by atoms with E-state index < -0.39 is 5.60 Å². The summed E-state index contributed by atoms with van der Waals surface area (Å²) in [7, 11) is 0. The summed E-state index contributed by atoms with van der Waals surface area (Å²) in [5.74, 6) is 0.924. The van der Waals surface area contributed by atoms with Gasteiger partial charge < -0.3 is 15.4 Å². The number of carbonyl (C=O) groups is 1. The number of carbonyl (C=O) groups excluding carboxylic acids is 1. The summed E-state index contributed by atoms with van der Waals surface area (Å²) in [6.07, 6.45) is 8.19. The molecule has 0 spiro atoms. The fourth-order valence-electron chi connectivity index (χ4n) is 3.27. The number of ether oxygens (including phenoxy) is 1. The van der Waals surface area contributed by atoms with Gasteiger partial charge in [-0.05, 0) is 71.6 Å². The molecular formula is C17H32N2O2. The summed E-state index contributed by atoms with van der Waals surface area (Å²) in [6, 6.07) is 1.62. The van der Waals surface area contributed by atoms with E-state index in [1.807, 2.05) is 20.8 Å². The summed E-state index contributed by atoms with van der Waals surface area (Å²) in [5.41, 5.74) is -0.415. The van der Waals surface area contributed by atoms with Gasteiger partial charge >= 0.3 is 6.09 Å². The van der Waals surface area contributed by atoms with Crippen LogP contribution in [0, 0.1) is 5.92 Å².